The zero-order valence-corrected chi connectivity index (χ0v) is 14.5. The number of methoxy groups -OCH3 is 1. The maximum absolute atomic E-state index is 12.2. The molecule has 5 nitrogen and oxygen atoms in total. The minimum absolute atomic E-state index is 0.100. The molecule has 2 rings (SSSR count). The van der Waals surface area contributed by atoms with Crippen molar-refractivity contribution in [1.29, 1.82) is 0 Å². The molecule has 1 heterocycles. The molecule has 0 aromatic heterocycles. The Morgan fingerprint density at radius 3 is 2.57 bits per heavy atom. The van der Waals surface area contributed by atoms with E-state index in [1.54, 1.807) is 12.0 Å². The lowest BCUT2D eigenvalue weighted by Crippen LogP contribution is -2.41. The van der Waals surface area contributed by atoms with Crippen LogP contribution in [0.4, 0.5) is 4.79 Å². The van der Waals surface area contributed by atoms with Crippen molar-refractivity contribution < 1.29 is 19.0 Å². The number of likely N-dealkylation sites (tertiary alicyclic amines) is 1. The van der Waals surface area contributed by atoms with Crippen LogP contribution in [0.1, 0.15) is 39.2 Å². The number of rotatable bonds is 5. The van der Waals surface area contributed by atoms with Gasteiger partial charge in [0.05, 0.1) is 26.4 Å². The van der Waals surface area contributed by atoms with E-state index >= 15 is 0 Å². The van der Waals surface area contributed by atoms with Crippen LogP contribution in [0.25, 0.3) is 0 Å². The van der Waals surface area contributed by atoms with Crippen LogP contribution in [0.15, 0.2) is 24.3 Å². The number of hydrogen-bond donors (Lipinski definition) is 0. The maximum Gasteiger partial charge on any atom is 0.410 e. The van der Waals surface area contributed by atoms with Crippen LogP contribution in [0.3, 0.4) is 0 Å². The lowest BCUT2D eigenvalue weighted by molar-refractivity contribution is 0.00883. The van der Waals surface area contributed by atoms with Crippen molar-refractivity contribution in [2.45, 2.75) is 51.9 Å². The molecule has 0 unspecified atom stereocenters. The molecule has 0 bridgehead atoms. The first-order valence-electron chi connectivity index (χ1n) is 8.09. The molecule has 1 fully saturated rings. The van der Waals surface area contributed by atoms with E-state index in [0.717, 1.165) is 30.7 Å². The van der Waals surface area contributed by atoms with Crippen LogP contribution in [0, 0.1) is 0 Å². The van der Waals surface area contributed by atoms with Gasteiger partial charge in [-0.25, -0.2) is 4.79 Å². The molecule has 1 saturated heterocycles. The topological polar surface area (TPSA) is 48.0 Å². The summed E-state index contributed by atoms with van der Waals surface area (Å²) < 4.78 is 16.4. The van der Waals surface area contributed by atoms with Gasteiger partial charge in [0.25, 0.3) is 0 Å². The number of nitrogens with zero attached hydrogens (tertiary/aromatic N) is 1. The number of hydrogen-bond acceptors (Lipinski definition) is 4. The summed E-state index contributed by atoms with van der Waals surface area (Å²) in [4.78, 5) is 14.0. The highest BCUT2D eigenvalue weighted by Crippen LogP contribution is 2.21. The van der Waals surface area contributed by atoms with Crippen LogP contribution < -0.4 is 4.74 Å². The standard InChI is InChI=1S/C18H27NO4/c1-18(2,3)23-17(20)19-11-5-6-15(19)13-22-12-14-7-9-16(21-4)10-8-14/h7-10,15H,5-6,11-13H2,1-4H3/t15-/m0/s1. The van der Waals surface area contributed by atoms with E-state index in [0.29, 0.717) is 13.2 Å². The van der Waals surface area contributed by atoms with E-state index in [9.17, 15) is 4.79 Å². The van der Waals surface area contributed by atoms with Gasteiger partial charge in [-0.2, -0.15) is 0 Å². The van der Waals surface area contributed by atoms with Gasteiger partial charge >= 0.3 is 6.09 Å². The van der Waals surface area contributed by atoms with Gasteiger partial charge in [0.15, 0.2) is 0 Å². The second-order valence-corrected chi connectivity index (χ2v) is 6.83. The first-order chi connectivity index (χ1) is 10.9. The molecule has 0 aliphatic carbocycles. The fraction of sp³-hybridized carbons (Fsp3) is 0.611. The number of carbonyl (C=O) groups is 1. The molecule has 128 valence electrons. The molecule has 1 aliphatic rings. The molecule has 1 aromatic rings. The van der Waals surface area contributed by atoms with Crippen molar-refractivity contribution in [2.75, 3.05) is 20.3 Å². The van der Waals surface area contributed by atoms with Gasteiger partial charge in [-0.15, -0.1) is 0 Å². The Morgan fingerprint density at radius 1 is 1.26 bits per heavy atom. The maximum atomic E-state index is 12.2. The highest BCUT2D eigenvalue weighted by atomic mass is 16.6. The van der Waals surface area contributed by atoms with Gasteiger partial charge in [0, 0.05) is 6.54 Å². The van der Waals surface area contributed by atoms with Crippen molar-refractivity contribution in [3.8, 4) is 5.75 Å². The van der Waals surface area contributed by atoms with Crippen LogP contribution in [0.2, 0.25) is 0 Å². The number of amides is 1. The molecule has 23 heavy (non-hydrogen) atoms. The molecule has 5 heteroatoms. The van der Waals surface area contributed by atoms with Crippen LogP contribution >= 0.6 is 0 Å². The predicted molar refractivity (Wildman–Crippen MR) is 88.6 cm³/mol. The first-order valence-corrected chi connectivity index (χ1v) is 8.09. The van der Waals surface area contributed by atoms with Crippen LogP contribution in [-0.4, -0.2) is 42.9 Å². The molecule has 0 spiro atoms. The third kappa shape index (κ3) is 5.43. The van der Waals surface area contributed by atoms with Crippen molar-refractivity contribution in [3.63, 3.8) is 0 Å². The largest absolute Gasteiger partial charge is 0.497 e. The lowest BCUT2D eigenvalue weighted by atomic mass is 10.2. The van der Waals surface area contributed by atoms with Crippen molar-refractivity contribution in [3.05, 3.63) is 29.8 Å². The Labute approximate surface area is 138 Å². The highest BCUT2D eigenvalue weighted by Gasteiger charge is 2.32. The van der Waals surface area contributed by atoms with E-state index in [2.05, 4.69) is 0 Å². The Balaban J connectivity index is 1.80. The molecular weight excluding hydrogens is 294 g/mol. The molecule has 0 N–H and O–H groups in total. The first kappa shape index (κ1) is 17.6. The minimum atomic E-state index is -0.464. The van der Waals surface area contributed by atoms with Gasteiger partial charge in [0.1, 0.15) is 11.4 Å². The van der Waals surface area contributed by atoms with E-state index in [1.165, 1.54) is 0 Å². The minimum Gasteiger partial charge on any atom is -0.497 e. The average Bonchev–Trinajstić information content (AvgIpc) is 2.95. The smallest absolute Gasteiger partial charge is 0.410 e. The molecular formula is C18H27NO4. The molecule has 1 atom stereocenters. The second-order valence-electron chi connectivity index (χ2n) is 6.83. The predicted octanol–water partition coefficient (Wildman–Crippen LogP) is 3.61. The average molecular weight is 321 g/mol. The third-order valence-electron chi connectivity index (χ3n) is 3.74. The number of carbonyl (C=O) groups excluding carboxylic acids is 1. The monoisotopic (exact) mass is 321 g/mol. The lowest BCUT2D eigenvalue weighted by Gasteiger charge is -2.28. The fourth-order valence-electron chi connectivity index (χ4n) is 2.60. The summed E-state index contributed by atoms with van der Waals surface area (Å²) in [6, 6.07) is 7.91. The van der Waals surface area contributed by atoms with Crippen LogP contribution in [-0.2, 0) is 16.1 Å². The Morgan fingerprint density at radius 2 is 1.96 bits per heavy atom. The SMILES string of the molecule is COc1ccc(COC[C@@H]2CCCN2C(=O)OC(C)(C)C)cc1. The van der Waals surface area contributed by atoms with Crippen LogP contribution in [0.5, 0.6) is 5.75 Å². The van der Waals surface area contributed by atoms with E-state index in [4.69, 9.17) is 14.2 Å². The van der Waals surface area contributed by atoms with Crippen molar-refractivity contribution in [1.82, 2.24) is 4.90 Å². The number of ether oxygens (including phenoxy) is 3. The van der Waals surface area contributed by atoms with Gasteiger partial charge in [-0.1, -0.05) is 12.1 Å². The van der Waals surface area contributed by atoms with E-state index in [1.807, 2.05) is 45.0 Å². The quantitative estimate of drug-likeness (QED) is 0.831. The second kappa shape index (κ2) is 7.68. The molecule has 1 amide bonds. The Kier molecular flexibility index (Phi) is 5.88. The molecule has 0 saturated carbocycles. The summed E-state index contributed by atoms with van der Waals surface area (Å²) in [5.41, 5.74) is 0.626. The molecule has 1 aromatic carbocycles. The summed E-state index contributed by atoms with van der Waals surface area (Å²) in [6.45, 7) is 7.46. The highest BCUT2D eigenvalue weighted by molar-refractivity contribution is 5.68. The van der Waals surface area contributed by atoms with E-state index < -0.39 is 5.60 Å². The summed E-state index contributed by atoms with van der Waals surface area (Å²) in [5.74, 6) is 0.834. The van der Waals surface area contributed by atoms with Gasteiger partial charge in [0.2, 0.25) is 0 Å². The zero-order chi connectivity index (χ0) is 16.9. The Bertz CT molecular complexity index is 507. The fourth-order valence-corrected chi connectivity index (χ4v) is 2.60. The van der Waals surface area contributed by atoms with Crippen molar-refractivity contribution >= 4 is 6.09 Å². The number of benzene rings is 1. The van der Waals surface area contributed by atoms with Gasteiger partial charge < -0.3 is 19.1 Å². The Hall–Kier alpha value is -1.75. The summed E-state index contributed by atoms with van der Waals surface area (Å²) in [7, 11) is 1.65. The molecule has 0 radical (unpaired) electrons. The van der Waals surface area contributed by atoms with Crippen molar-refractivity contribution in [2.24, 2.45) is 0 Å². The van der Waals surface area contributed by atoms with E-state index in [-0.39, 0.29) is 12.1 Å². The van der Waals surface area contributed by atoms with Gasteiger partial charge in [-0.3, -0.25) is 0 Å². The summed E-state index contributed by atoms with van der Waals surface area (Å²) >= 11 is 0. The normalized spacial score (nSPS) is 18.1. The van der Waals surface area contributed by atoms with Gasteiger partial charge in [-0.05, 0) is 51.3 Å². The molecule has 1 aliphatic heterocycles. The summed E-state index contributed by atoms with van der Waals surface area (Å²) in [6.07, 6.45) is 1.71. The zero-order valence-electron chi connectivity index (χ0n) is 14.5. The third-order valence-corrected chi connectivity index (χ3v) is 3.74. The summed E-state index contributed by atoms with van der Waals surface area (Å²) in [5, 5.41) is 0.